The van der Waals surface area contributed by atoms with Crippen LogP contribution in [0.15, 0.2) is 110 Å². The standard InChI is InChI=1S/C44H36F8O11/c1-3-37(53)60-20-8-6-5-7-19-58-28-11-9-27(10-12-28)31-17-18-36(40(44(50,51)52)39(31)43(47,48)49)63-42(56)33-16-14-30(26-35(33)46)62-41(55)32-15-13-29(25-34(32)45)59-23-21-57-22-24-61-38(54)4-2/h3-6,9-18,25-26H,1-2,7-8,19-24H2/b6-5-. The quantitative estimate of drug-likeness (QED) is 0.0198. The van der Waals surface area contributed by atoms with Gasteiger partial charge < -0.3 is 33.2 Å². The highest BCUT2D eigenvalue weighted by molar-refractivity contribution is 5.93. The molecule has 0 saturated carbocycles. The molecule has 4 aromatic rings. The molecular formula is C44H36F8O11. The second kappa shape index (κ2) is 22.7. The van der Waals surface area contributed by atoms with Crippen LogP contribution in [0.4, 0.5) is 35.1 Å². The van der Waals surface area contributed by atoms with Gasteiger partial charge in [-0.15, -0.1) is 0 Å². The van der Waals surface area contributed by atoms with E-state index in [0.717, 1.165) is 42.5 Å². The molecule has 0 unspecified atom stereocenters. The van der Waals surface area contributed by atoms with Crippen molar-refractivity contribution in [1.82, 2.24) is 0 Å². The van der Waals surface area contributed by atoms with Crippen molar-refractivity contribution in [2.75, 3.05) is 39.6 Å². The van der Waals surface area contributed by atoms with Crippen molar-refractivity contribution in [3.05, 3.63) is 144 Å². The van der Waals surface area contributed by atoms with Crippen LogP contribution in [0, 0.1) is 11.6 Å². The second-order valence-corrected chi connectivity index (χ2v) is 12.5. The maximum atomic E-state index is 15.1. The third-order valence-corrected chi connectivity index (χ3v) is 8.18. The molecule has 4 rings (SSSR count). The molecule has 0 N–H and O–H groups in total. The van der Waals surface area contributed by atoms with Gasteiger partial charge in [0.25, 0.3) is 0 Å². The monoisotopic (exact) mass is 892 g/mol. The number of carbonyl (C=O) groups excluding carboxylic acids is 4. The molecule has 0 fully saturated rings. The first-order chi connectivity index (χ1) is 29.9. The normalized spacial score (nSPS) is 11.4. The second-order valence-electron chi connectivity index (χ2n) is 12.5. The average molecular weight is 893 g/mol. The molecule has 0 aliphatic heterocycles. The van der Waals surface area contributed by atoms with Crippen molar-refractivity contribution in [2.45, 2.75) is 25.2 Å². The number of rotatable bonds is 21. The minimum atomic E-state index is -5.74. The maximum absolute atomic E-state index is 15.1. The van der Waals surface area contributed by atoms with Gasteiger partial charge in [0.1, 0.15) is 53.4 Å². The van der Waals surface area contributed by atoms with Gasteiger partial charge in [0.05, 0.1) is 43.1 Å². The summed E-state index contributed by atoms with van der Waals surface area (Å²) in [6.07, 6.45) is -5.07. The molecule has 0 aromatic heterocycles. The molecule has 0 aliphatic rings. The lowest BCUT2D eigenvalue weighted by molar-refractivity contribution is -0.162. The largest absolute Gasteiger partial charge is 0.493 e. The summed E-state index contributed by atoms with van der Waals surface area (Å²) in [5.41, 5.74) is -7.41. The predicted octanol–water partition coefficient (Wildman–Crippen LogP) is 9.68. The molecule has 11 nitrogen and oxygen atoms in total. The number of esters is 4. The number of alkyl halides is 6. The van der Waals surface area contributed by atoms with E-state index in [2.05, 4.69) is 13.2 Å². The fourth-order valence-electron chi connectivity index (χ4n) is 5.36. The van der Waals surface area contributed by atoms with Crippen molar-refractivity contribution < 1.29 is 87.5 Å². The summed E-state index contributed by atoms with van der Waals surface area (Å²) in [5, 5.41) is 0. The SMILES string of the molecule is C=CC(=O)OCC/C=C\CCOc1ccc(-c2ccc(OC(=O)c3ccc(OC(=O)c4ccc(OCCOCCOC(=O)C=C)cc4F)cc3F)c(C(F)(F)F)c2C(F)(F)F)cc1. The van der Waals surface area contributed by atoms with E-state index in [1.165, 1.54) is 18.2 Å². The first-order valence-electron chi connectivity index (χ1n) is 18.4. The van der Waals surface area contributed by atoms with Gasteiger partial charge in [-0.1, -0.05) is 43.5 Å². The lowest BCUT2D eigenvalue weighted by Crippen LogP contribution is -2.21. The van der Waals surface area contributed by atoms with E-state index >= 15 is 4.39 Å². The van der Waals surface area contributed by atoms with Crippen LogP contribution in [-0.4, -0.2) is 63.5 Å². The molecule has 4 aromatic carbocycles. The highest BCUT2D eigenvalue weighted by atomic mass is 19.4. The van der Waals surface area contributed by atoms with Crippen LogP contribution in [0.25, 0.3) is 11.1 Å². The Balaban J connectivity index is 1.42. The number of hydrogen-bond donors (Lipinski definition) is 0. The Hall–Kier alpha value is -7.02. The lowest BCUT2D eigenvalue weighted by Gasteiger charge is -2.22. The Bertz CT molecular complexity index is 2300. The van der Waals surface area contributed by atoms with Gasteiger partial charge in [-0.3, -0.25) is 0 Å². The molecule has 334 valence electrons. The summed E-state index contributed by atoms with van der Waals surface area (Å²) < 4.78 is 152. The summed E-state index contributed by atoms with van der Waals surface area (Å²) >= 11 is 0. The van der Waals surface area contributed by atoms with Gasteiger partial charge in [0.15, 0.2) is 0 Å². The van der Waals surface area contributed by atoms with Gasteiger partial charge >= 0.3 is 36.2 Å². The number of benzene rings is 4. The van der Waals surface area contributed by atoms with Crippen LogP contribution >= 0.6 is 0 Å². The van der Waals surface area contributed by atoms with E-state index in [1.807, 2.05) is 0 Å². The number of hydrogen-bond acceptors (Lipinski definition) is 11. The molecule has 0 amide bonds. The molecule has 0 saturated heterocycles. The topological polar surface area (TPSA) is 133 Å². The molecule has 0 bridgehead atoms. The number of ether oxygens (including phenoxy) is 7. The van der Waals surface area contributed by atoms with Gasteiger partial charge in [-0.2, -0.15) is 26.3 Å². The molecule has 0 spiro atoms. The minimum Gasteiger partial charge on any atom is -0.493 e. The van der Waals surface area contributed by atoms with Gasteiger partial charge in [-0.25, -0.2) is 28.0 Å². The third kappa shape index (κ3) is 14.6. The van der Waals surface area contributed by atoms with E-state index in [1.54, 1.807) is 12.2 Å². The van der Waals surface area contributed by atoms with Crippen LogP contribution in [0.5, 0.6) is 23.0 Å². The third-order valence-electron chi connectivity index (χ3n) is 8.18. The van der Waals surface area contributed by atoms with Crippen molar-refractivity contribution in [2.24, 2.45) is 0 Å². The fourth-order valence-corrected chi connectivity index (χ4v) is 5.36. The van der Waals surface area contributed by atoms with E-state index in [-0.39, 0.29) is 56.7 Å². The number of carbonyl (C=O) groups is 4. The molecule has 0 heterocycles. The minimum absolute atomic E-state index is 0.00834. The van der Waals surface area contributed by atoms with Crippen LogP contribution in [0.1, 0.15) is 44.7 Å². The molecule has 0 radical (unpaired) electrons. The maximum Gasteiger partial charge on any atom is 0.420 e. The smallest absolute Gasteiger partial charge is 0.420 e. The van der Waals surface area contributed by atoms with Crippen LogP contribution in [-0.2, 0) is 36.2 Å². The van der Waals surface area contributed by atoms with Crippen molar-refractivity contribution in [3.63, 3.8) is 0 Å². The van der Waals surface area contributed by atoms with E-state index in [4.69, 9.17) is 33.2 Å². The number of halogens is 8. The zero-order chi connectivity index (χ0) is 46.2. The van der Waals surface area contributed by atoms with Gasteiger partial charge in [-0.05, 0) is 66.4 Å². The van der Waals surface area contributed by atoms with Crippen molar-refractivity contribution in [1.29, 1.82) is 0 Å². The fraction of sp³-hybridized carbons (Fsp3) is 0.227. The predicted molar refractivity (Wildman–Crippen MR) is 207 cm³/mol. The van der Waals surface area contributed by atoms with Gasteiger partial charge in [0.2, 0.25) is 0 Å². The molecule has 0 atom stereocenters. The summed E-state index contributed by atoms with van der Waals surface area (Å²) in [5.74, 6) is -8.94. The molecule has 63 heavy (non-hydrogen) atoms. The Morgan fingerprint density at radius 1 is 0.540 bits per heavy atom. The van der Waals surface area contributed by atoms with E-state index < -0.39 is 87.2 Å². The first kappa shape index (κ1) is 48.6. The summed E-state index contributed by atoms with van der Waals surface area (Å²) in [6.45, 7) is 6.79. The van der Waals surface area contributed by atoms with Crippen molar-refractivity contribution in [3.8, 4) is 34.1 Å². The Morgan fingerprint density at radius 3 is 1.63 bits per heavy atom. The van der Waals surface area contributed by atoms with E-state index in [9.17, 15) is 49.9 Å². The van der Waals surface area contributed by atoms with Crippen molar-refractivity contribution >= 4 is 23.9 Å². The molecule has 0 aliphatic carbocycles. The average Bonchev–Trinajstić information content (AvgIpc) is 3.23. The Morgan fingerprint density at radius 2 is 1.05 bits per heavy atom. The van der Waals surface area contributed by atoms with Crippen LogP contribution in [0.2, 0.25) is 0 Å². The lowest BCUT2D eigenvalue weighted by atomic mass is 9.93. The summed E-state index contributed by atoms with van der Waals surface area (Å²) in [6, 6.07) is 10.8. The van der Waals surface area contributed by atoms with Gasteiger partial charge in [0, 0.05) is 24.3 Å². The van der Waals surface area contributed by atoms with Crippen LogP contribution in [0.3, 0.4) is 0 Å². The molecular weight excluding hydrogens is 856 g/mol. The summed E-state index contributed by atoms with van der Waals surface area (Å²) in [4.78, 5) is 47.6. The van der Waals surface area contributed by atoms with Crippen LogP contribution < -0.4 is 18.9 Å². The Kier molecular flexibility index (Phi) is 17.5. The zero-order valence-electron chi connectivity index (χ0n) is 32.8. The van der Waals surface area contributed by atoms with E-state index in [0.29, 0.717) is 37.1 Å². The zero-order valence-corrected chi connectivity index (χ0v) is 32.8. The highest BCUT2D eigenvalue weighted by Gasteiger charge is 2.48. The highest BCUT2D eigenvalue weighted by Crippen LogP contribution is 2.49. The Labute approximate surface area is 354 Å². The first-order valence-corrected chi connectivity index (χ1v) is 18.4. The summed E-state index contributed by atoms with van der Waals surface area (Å²) in [7, 11) is 0. The molecule has 19 heteroatoms.